The Morgan fingerprint density at radius 2 is 2.11 bits per heavy atom. The van der Waals surface area contributed by atoms with E-state index in [1.54, 1.807) is 28.6 Å². The largest absolute Gasteiger partial charge is 0.241 e. The fraction of sp³-hybridized carbons (Fsp3) is 0.0833. The van der Waals surface area contributed by atoms with Crippen molar-refractivity contribution in [3.05, 3.63) is 53.8 Å². The van der Waals surface area contributed by atoms with Crippen molar-refractivity contribution in [3.63, 3.8) is 0 Å². The van der Waals surface area contributed by atoms with Crippen LogP contribution in [0.1, 0.15) is 5.56 Å². The number of rotatable bonds is 4. The first-order valence-corrected chi connectivity index (χ1v) is 7.26. The van der Waals surface area contributed by atoms with E-state index >= 15 is 0 Å². The van der Waals surface area contributed by atoms with Gasteiger partial charge in [-0.25, -0.2) is 4.68 Å². The highest BCUT2D eigenvalue weighted by Crippen LogP contribution is 2.23. The summed E-state index contributed by atoms with van der Waals surface area (Å²) >= 11 is 3.24. The normalized spacial score (nSPS) is 10.7. The van der Waals surface area contributed by atoms with E-state index in [4.69, 9.17) is 0 Å². The molecule has 3 aromatic rings. The van der Waals surface area contributed by atoms with Crippen LogP contribution in [0, 0.1) is 0 Å². The molecule has 2 heterocycles. The van der Waals surface area contributed by atoms with Crippen LogP contribution in [0.4, 0.5) is 0 Å². The zero-order valence-corrected chi connectivity index (χ0v) is 11.1. The van der Waals surface area contributed by atoms with Crippen molar-refractivity contribution < 1.29 is 0 Å². The second-order valence-corrected chi connectivity index (χ2v) is 5.68. The summed E-state index contributed by atoms with van der Waals surface area (Å²) in [6.45, 7) is 0. The van der Waals surface area contributed by atoms with Crippen LogP contribution in [0.2, 0.25) is 0 Å². The van der Waals surface area contributed by atoms with Crippen LogP contribution in [0.3, 0.4) is 0 Å². The maximum Gasteiger partial charge on any atom is 0.174 e. The molecule has 0 atom stereocenters. The predicted octanol–water partition coefficient (Wildman–Crippen LogP) is 3.02. The first-order chi connectivity index (χ1) is 8.92. The van der Waals surface area contributed by atoms with Crippen LogP contribution in [0.15, 0.2) is 52.6 Å². The topological polar surface area (TPSA) is 43.6 Å². The molecule has 0 radical (unpaired) electrons. The molecule has 0 spiro atoms. The van der Waals surface area contributed by atoms with Gasteiger partial charge in [-0.15, -0.1) is 10.2 Å². The van der Waals surface area contributed by atoms with E-state index in [1.165, 1.54) is 5.56 Å². The summed E-state index contributed by atoms with van der Waals surface area (Å²) in [7, 11) is 0. The molecule has 0 N–H and O–H groups in total. The van der Waals surface area contributed by atoms with Gasteiger partial charge in [0.25, 0.3) is 0 Å². The number of thioether (sulfide) groups is 1. The molecule has 90 valence electrons. The van der Waals surface area contributed by atoms with Crippen molar-refractivity contribution in [2.75, 3.05) is 0 Å². The summed E-state index contributed by atoms with van der Waals surface area (Å²) in [5.74, 6) is 0.863. The van der Waals surface area contributed by atoms with Crippen LogP contribution in [0.5, 0.6) is 0 Å². The van der Waals surface area contributed by atoms with Gasteiger partial charge in [0, 0.05) is 17.5 Å². The van der Waals surface area contributed by atoms with Gasteiger partial charge < -0.3 is 0 Å². The Bertz CT molecular complexity index is 604. The third-order valence-corrected chi connectivity index (χ3v) is 4.29. The Balaban J connectivity index is 1.70. The first kappa shape index (κ1) is 11.4. The van der Waals surface area contributed by atoms with Crippen LogP contribution in [-0.2, 0) is 5.75 Å². The highest BCUT2D eigenvalue weighted by Gasteiger charge is 2.03. The quantitative estimate of drug-likeness (QED) is 0.686. The van der Waals surface area contributed by atoms with Gasteiger partial charge in [-0.05, 0) is 12.1 Å². The highest BCUT2D eigenvalue weighted by molar-refractivity contribution is 8.00. The molecular formula is C12H10N4S2. The summed E-state index contributed by atoms with van der Waals surface area (Å²) < 4.78 is 2.87. The molecule has 0 unspecified atom stereocenters. The third-order valence-electron chi connectivity index (χ3n) is 2.36. The van der Waals surface area contributed by atoms with E-state index in [9.17, 15) is 0 Å². The number of para-hydroxylation sites is 1. The van der Waals surface area contributed by atoms with Crippen molar-refractivity contribution >= 4 is 23.1 Å². The second kappa shape index (κ2) is 5.32. The van der Waals surface area contributed by atoms with E-state index in [1.807, 2.05) is 47.4 Å². The lowest BCUT2D eigenvalue weighted by molar-refractivity contribution is 0.880. The van der Waals surface area contributed by atoms with Gasteiger partial charge in [-0.3, -0.25) is 0 Å². The van der Waals surface area contributed by atoms with Gasteiger partial charge in [-0.2, -0.15) is 5.10 Å². The van der Waals surface area contributed by atoms with Crippen molar-refractivity contribution in [2.24, 2.45) is 0 Å². The minimum atomic E-state index is 0.863. The summed E-state index contributed by atoms with van der Waals surface area (Å²) in [5.41, 5.74) is 4.00. The molecule has 0 aliphatic carbocycles. The molecule has 0 saturated carbocycles. The minimum absolute atomic E-state index is 0.863. The molecular weight excluding hydrogens is 264 g/mol. The maximum absolute atomic E-state index is 4.36. The molecule has 0 amide bonds. The maximum atomic E-state index is 4.36. The highest BCUT2D eigenvalue weighted by atomic mass is 32.2. The van der Waals surface area contributed by atoms with Crippen LogP contribution >= 0.6 is 23.1 Å². The van der Waals surface area contributed by atoms with E-state index in [0.29, 0.717) is 0 Å². The minimum Gasteiger partial charge on any atom is -0.241 e. The van der Waals surface area contributed by atoms with E-state index < -0.39 is 0 Å². The Hall–Kier alpha value is -1.66. The average Bonchev–Trinajstić information content (AvgIpc) is 3.09. The predicted molar refractivity (Wildman–Crippen MR) is 73.0 cm³/mol. The van der Waals surface area contributed by atoms with Gasteiger partial charge in [0.1, 0.15) is 5.51 Å². The number of aromatic nitrogens is 4. The standard InChI is InChI=1S/C12H10N4S2/c1-2-4-11(5-3-1)16-7-10(6-14-16)8-17-12-15-13-9-18-12/h1-7,9H,8H2. The molecule has 6 heteroatoms. The summed E-state index contributed by atoms with van der Waals surface area (Å²) in [4.78, 5) is 0. The van der Waals surface area contributed by atoms with Gasteiger partial charge in [0.2, 0.25) is 0 Å². The van der Waals surface area contributed by atoms with Crippen LogP contribution in [0.25, 0.3) is 5.69 Å². The van der Waals surface area contributed by atoms with Crippen LogP contribution in [-0.4, -0.2) is 20.0 Å². The monoisotopic (exact) mass is 274 g/mol. The summed E-state index contributed by atoms with van der Waals surface area (Å²) in [6, 6.07) is 10.1. The van der Waals surface area contributed by atoms with Gasteiger partial charge in [-0.1, -0.05) is 41.3 Å². The molecule has 0 saturated heterocycles. The first-order valence-electron chi connectivity index (χ1n) is 5.40. The van der Waals surface area contributed by atoms with E-state index in [2.05, 4.69) is 15.3 Å². The molecule has 0 fully saturated rings. The Labute approximate surface area is 113 Å². The molecule has 4 nitrogen and oxygen atoms in total. The molecule has 1 aromatic carbocycles. The molecule has 2 aromatic heterocycles. The van der Waals surface area contributed by atoms with Crippen molar-refractivity contribution in [3.8, 4) is 5.69 Å². The fourth-order valence-corrected chi connectivity index (χ4v) is 2.93. The van der Waals surface area contributed by atoms with Crippen molar-refractivity contribution in [1.82, 2.24) is 20.0 Å². The average molecular weight is 274 g/mol. The van der Waals surface area contributed by atoms with Crippen molar-refractivity contribution in [1.29, 1.82) is 0 Å². The molecule has 18 heavy (non-hydrogen) atoms. The lowest BCUT2D eigenvalue weighted by atomic mass is 10.3. The Morgan fingerprint density at radius 1 is 1.22 bits per heavy atom. The molecule has 0 bridgehead atoms. The number of benzene rings is 1. The molecule has 0 aliphatic rings. The third kappa shape index (κ3) is 2.60. The molecule has 0 aliphatic heterocycles. The summed E-state index contributed by atoms with van der Waals surface area (Å²) in [6.07, 6.45) is 3.93. The SMILES string of the molecule is c1ccc(-n2cc(CSc3nncs3)cn2)cc1. The lowest BCUT2D eigenvalue weighted by Gasteiger charge is -1.98. The number of hydrogen-bond donors (Lipinski definition) is 0. The Morgan fingerprint density at radius 3 is 2.89 bits per heavy atom. The lowest BCUT2D eigenvalue weighted by Crippen LogP contribution is -1.92. The number of hydrogen-bond acceptors (Lipinski definition) is 5. The van der Waals surface area contributed by atoms with E-state index in [0.717, 1.165) is 15.8 Å². The molecule has 3 rings (SSSR count). The number of nitrogens with zero attached hydrogens (tertiary/aromatic N) is 4. The fourth-order valence-electron chi connectivity index (χ4n) is 1.53. The van der Waals surface area contributed by atoms with Crippen LogP contribution < -0.4 is 0 Å². The Kier molecular flexibility index (Phi) is 3.38. The van der Waals surface area contributed by atoms with Gasteiger partial charge in [0.05, 0.1) is 11.9 Å². The zero-order valence-electron chi connectivity index (χ0n) is 9.43. The van der Waals surface area contributed by atoms with Crippen molar-refractivity contribution in [2.45, 2.75) is 10.1 Å². The zero-order chi connectivity index (χ0) is 12.2. The second-order valence-electron chi connectivity index (χ2n) is 3.62. The summed E-state index contributed by atoms with van der Waals surface area (Å²) in [5, 5.41) is 12.2. The van der Waals surface area contributed by atoms with Gasteiger partial charge >= 0.3 is 0 Å². The van der Waals surface area contributed by atoms with Gasteiger partial charge in [0.15, 0.2) is 4.34 Å². The van der Waals surface area contributed by atoms with E-state index in [-0.39, 0.29) is 0 Å². The smallest absolute Gasteiger partial charge is 0.174 e.